The van der Waals surface area contributed by atoms with Gasteiger partial charge in [0.15, 0.2) is 0 Å². The molecule has 9 nitrogen and oxygen atoms in total. The number of halogens is 3. The van der Waals surface area contributed by atoms with Crippen LogP contribution in [0.3, 0.4) is 0 Å². The lowest BCUT2D eigenvalue weighted by molar-refractivity contribution is -0.192. The van der Waals surface area contributed by atoms with E-state index in [1.54, 1.807) is 26.1 Å². The number of carbonyl (C=O) groups excluding carboxylic acids is 2. The molecule has 4 rings (SSSR count). The van der Waals surface area contributed by atoms with Crippen molar-refractivity contribution in [2.45, 2.75) is 38.9 Å². The second-order valence-corrected chi connectivity index (χ2v) is 10.5. The van der Waals surface area contributed by atoms with Gasteiger partial charge in [0.05, 0.1) is 12.5 Å². The average Bonchev–Trinajstić information content (AvgIpc) is 3.37. The number of carboxylic acids is 1. The van der Waals surface area contributed by atoms with E-state index in [1.165, 1.54) is 5.56 Å². The molecule has 2 spiro atoms. The van der Waals surface area contributed by atoms with Crippen LogP contribution in [0.15, 0.2) is 24.3 Å². The highest BCUT2D eigenvalue weighted by Gasteiger charge is 2.65. The third kappa shape index (κ3) is 5.84. The number of urea groups is 1. The van der Waals surface area contributed by atoms with Gasteiger partial charge in [-0.05, 0) is 57.0 Å². The molecule has 1 aromatic carbocycles. The van der Waals surface area contributed by atoms with E-state index in [-0.39, 0.29) is 17.4 Å². The number of hydrogen-bond donors (Lipinski definition) is 1. The molecule has 38 heavy (non-hydrogen) atoms. The molecule has 0 radical (unpaired) electrons. The molecule has 3 amide bonds. The van der Waals surface area contributed by atoms with Gasteiger partial charge in [-0.25, -0.2) is 9.59 Å². The fourth-order valence-corrected chi connectivity index (χ4v) is 6.03. The maximum atomic E-state index is 13.6. The first-order valence-electron chi connectivity index (χ1n) is 12.7. The van der Waals surface area contributed by atoms with Gasteiger partial charge < -0.3 is 24.5 Å². The number of aliphatic carboxylic acids is 1. The van der Waals surface area contributed by atoms with Crippen molar-refractivity contribution in [1.29, 1.82) is 0 Å². The van der Waals surface area contributed by atoms with Crippen LogP contribution in [0.1, 0.15) is 31.7 Å². The Morgan fingerprint density at radius 3 is 2.08 bits per heavy atom. The zero-order valence-corrected chi connectivity index (χ0v) is 22.4. The number of rotatable bonds is 4. The summed E-state index contributed by atoms with van der Waals surface area (Å²) in [6.07, 6.45) is -2.29. The fraction of sp³-hybridized carbons (Fsp3) is 0.654. The Bertz CT molecular complexity index is 1010. The molecule has 3 aliphatic heterocycles. The molecule has 1 aromatic rings. The number of likely N-dealkylation sites (tertiary alicyclic amines) is 3. The van der Waals surface area contributed by atoms with Crippen molar-refractivity contribution in [3.8, 4) is 5.75 Å². The Balaban J connectivity index is 0.000000505. The lowest BCUT2D eigenvalue weighted by atomic mass is 9.60. The Labute approximate surface area is 221 Å². The van der Waals surface area contributed by atoms with Gasteiger partial charge in [0, 0.05) is 52.2 Å². The number of piperidine rings is 1. The summed E-state index contributed by atoms with van der Waals surface area (Å²) in [7, 11) is 5.28. The number of nitrogens with zero attached hydrogens (tertiary/aromatic N) is 4. The second-order valence-electron chi connectivity index (χ2n) is 10.5. The van der Waals surface area contributed by atoms with Crippen molar-refractivity contribution in [1.82, 2.24) is 19.6 Å². The monoisotopic (exact) mass is 542 g/mol. The SMILES string of the molecule is CCN1CCC2(CN(C(=O)N(C)C)CC23CCN(Cc2ccc(OC)cc2)CC3)C1=O.O=C(O)C(F)(F)F. The topological polar surface area (TPSA) is 93.6 Å². The van der Waals surface area contributed by atoms with Gasteiger partial charge in [-0.3, -0.25) is 9.69 Å². The lowest BCUT2D eigenvalue weighted by Gasteiger charge is -2.46. The molecular weight excluding hydrogens is 505 g/mol. The van der Waals surface area contributed by atoms with Gasteiger partial charge in [0.1, 0.15) is 5.75 Å². The van der Waals surface area contributed by atoms with Gasteiger partial charge in [-0.2, -0.15) is 13.2 Å². The first-order chi connectivity index (χ1) is 17.8. The molecule has 0 bridgehead atoms. The number of fused-ring (bicyclic) bond motifs is 1. The standard InChI is InChI=1S/C24H36N4O3.C2HF3O2/c1-5-27-15-12-24(21(27)29)18-28(22(30)25(2)3)17-23(24)10-13-26(14-11-23)16-19-6-8-20(31-4)9-7-19;3-2(4,5)1(6)7/h6-9H,5,10-18H2,1-4H3;(H,6,7). The number of alkyl halides is 3. The maximum absolute atomic E-state index is 13.6. The summed E-state index contributed by atoms with van der Waals surface area (Å²) in [4.78, 5) is 43.3. The molecule has 212 valence electrons. The highest BCUT2D eigenvalue weighted by atomic mass is 19.4. The molecule has 3 saturated heterocycles. The number of methoxy groups -OCH3 is 1. The van der Waals surface area contributed by atoms with Crippen LogP contribution in [0.2, 0.25) is 0 Å². The predicted octanol–water partition coefficient (Wildman–Crippen LogP) is 3.15. The first kappa shape index (κ1) is 29.5. The Morgan fingerprint density at radius 1 is 1.05 bits per heavy atom. The summed E-state index contributed by atoms with van der Waals surface area (Å²) >= 11 is 0. The number of benzene rings is 1. The van der Waals surface area contributed by atoms with E-state index in [1.807, 2.05) is 21.9 Å². The van der Waals surface area contributed by atoms with Crippen molar-refractivity contribution >= 4 is 17.9 Å². The average molecular weight is 543 g/mol. The second kappa shape index (κ2) is 11.4. The van der Waals surface area contributed by atoms with Crippen LogP contribution in [0.5, 0.6) is 5.75 Å². The van der Waals surface area contributed by atoms with E-state index in [0.717, 1.165) is 57.7 Å². The van der Waals surface area contributed by atoms with Crippen LogP contribution in [0.4, 0.5) is 18.0 Å². The van der Waals surface area contributed by atoms with E-state index < -0.39 is 17.6 Å². The van der Waals surface area contributed by atoms with Crippen molar-refractivity contribution in [3.05, 3.63) is 29.8 Å². The first-order valence-corrected chi connectivity index (χ1v) is 12.7. The summed E-state index contributed by atoms with van der Waals surface area (Å²) in [5, 5.41) is 7.12. The Hall–Kier alpha value is -3.02. The Morgan fingerprint density at radius 2 is 1.63 bits per heavy atom. The minimum Gasteiger partial charge on any atom is -0.497 e. The normalized spacial score (nSPS) is 23.0. The van der Waals surface area contributed by atoms with Crippen LogP contribution >= 0.6 is 0 Å². The van der Waals surface area contributed by atoms with Crippen LogP contribution in [0, 0.1) is 10.8 Å². The van der Waals surface area contributed by atoms with E-state index >= 15 is 0 Å². The zero-order chi connectivity index (χ0) is 28.3. The number of carboxylic acid groups (broad SMARTS) is 1. The molecular formula is C26H37F3N4O5. The van der Waals surface area contributed by atoms with Crippen LogP contribution < -0.4 is 4.74 Å². The highest BCUT2D eigenvalue weighted by Crippen LogP contribution is 2.58. The molecule has 0 aliphatic carbocycles. The largest absolute Gasteiger partial charge is 0.497 e. The van der Waals surface area contributed by atoms with Crippen molar-refractivity contribution < 1.29 is 37.4 Å². The molecule has 1 unspecified atom stereocenters. The third-order valence-corrected chi connectivity index (χ3v) is 8.13. The van der Waals surface area contributed by atoms with E-state index in [9.17, 15) is 22.8 Å². The zero-order valence-electron chi connectivity index (χ0n) is 22.4. The molecule has 0 saturated carbocycles. The summed E-state index contributed by atoms with van der Waals surface area (Å²) in [5.74, 6) is -1.61. The van der Waals surface area contributed by atoms with Gasteiger partial charge in [-0.1, -0.05) is 12.1 Å². The van der Waals surface area contributed by atoms with Crippen molar-refractivity contribution in [3.63, 3.8) is 0 Å². The molecule has 3 aliphatic rings. The molecule has 3 fully saturated rings. The van der Waals surface area contributed by atoms with E-state index in [4.69, 9.17) is 14.6 Å². The fourth-order valence-electron chi connectivity index (χ4n) is 6.03. The minimum atomic E-state index is -5.08. The molecule has 0 aromatic heterocycles. The van der Waals surface area contributed by atoms with E-state index in [2.05, 4.69) is 24.0 Å². The smallest absolute Gasteiger partial charge is 0.490 e. The quantitative estimate of drug-likeness (QED) is 0.629. The van der Waals surface area contributed by atoms with Gasteiger partial charge in [-0.15, -0.1) is 0 Å². The highest BCUT2D eigenvalue weighted by molar-refractivity contribution is 5.88. The van der Waals surface area contributed by atoms with Crippen LogP contribution in [-0.2, 0) is 16.1 Å². The van der Waals surface area contributed by atoms with Crippen LogP contribution in [0.25, 0.3) is 0 Å². The molecule has 1 atom stereocenters. The van der Waals surface area contributed by atoms with Crippen molar-refractivity contribution in [2.75, 3.05) is 60.5 Å². The van der Waals surface area contributed by atoms with E-state index in [0.29, 0.717) is 13.1 Å². The summed E-state index contributed by atoms with van der Waals surface area (Å²) in [6.45, 7) is 7.70. The number of carbonyl (C=O) groups is 3. The summed E-state index contributed by atoms with van der Waals surface area (Å²) < 4.78 is 37.0. The number of ether oxygens (including phenoxy) is 1. The summed E-state index contributed by atoms with van der Waals surface area (Å²) in [6, 6.07) is 8.29. The van der Waals surface area contributed by atoms with Crippen LogP contribution in [-0.4, -0.2) is 109 Å². The van der Waals surface area contributed by atoms with Crippen molar-refractivity contribution in [2.24, 2.45) is 10.8 Å². The number of hydrogen-bond acceptors (Lipinski definition) is 5. The molecule has 3 heterocycles. The minimum absolute atomic E-state index is 0.0275. The van der Waals surface area contributed by atoms with Gasteiger partial charge in [0.2, 0.25) is 5.91 Å². The predicted molar refractivity (Wildman–Crippen MR) is 134 cm³/mol. The summed E-state index contributed by atoms with van der Waals surface area (Å²) in [5.41, 5.74) is 0.744. The molecule has 1 N–H and O–H groups in total. The maximum Gasteiger partial charge on any atom is 0.490 e. The molecule has 12 heteroatoms. The van der Waals surface area contributed by atoms with Gasteiger partial charge in [0.25, 0.3) is 0 Å². The number of amides is 3. The lowest BCUT2D eigenvalue weighted by Crippen LogP contribution is -2.52. The third-order valence-electron chi connectivity index (χ3n) is 8.13. The Kier molecular flexibility index (Phi) is 8.85. The van der Waals surface area contributed by atoms with Gasteiger partial charge >= 0.3 is 18.2 Å².